The molecule has 2 aromatic rings. The number of aromatic amines is 1. The predicted octanol–water partition coefficient (Wildman–Crippen LogP) is 1.58. The largest absolute Gasteiger partial charge is 0.490 e. The first-order valence-corrected chi connectivity index (χ1v) is 11.8. The molecule has 4 rings (SSSR count). The van der Waals surface area contributed by atoms with Crippen molar-refractivity contribution in [3.8, 4) is 5.75 Å². The number of ether oxygens (including phenoxy) is 3. The van der Waals surface area contributed by atoms with Crippen molar-refractivity contribution in [2.45, 2.75) is 31.9 Å². The van der Waals surface area contributed by atoms with Gasteiger partial charge in [0.1, 0.15) is 12.4 Å². The van der Waals surface area contributed by atoms with Crippen LogP contribution in [0, 0.1) is 0 Å². The van der Waals surface area contributed by atoms with Crippen LogP contribution in [0.1, 0.15) is 25.5 Å². The van der Waals surface area contributed by atoms with Gasteiger partial charge in [-0.25, -0.2) is 9.59 Å². The molecule has 3 heterocycles. The van der Waals surface area contributed by atoms with Gasteiger partial charge in [-0.1, -0.05) is 23.4 Å². The SMILES string of the molecule is CCOC(=O)CON=C(C(=O)N1CCC(N2CC(COc3ccccc3)OC2=O)CC1)c1ccn[nH]1. The number of aromatic nitrogens is 2. The molecule has 12 heteroatoms. The number of para-hydroxylation sites is 1. The summed E-state index contributed by atoms with van der Waals surface area (Å²) in [6.45, 7) is 3.05. The number of likely N-dealkylation sites (tertiary alicyclic amines) is 1. The maximum atomic E-state index is 13.2. The number of carbonyl (C=O) groups is 3. The van der Waals surface area contributed by atoms with Gasteiger partial charge in [0.15, 0.2) is 11.8 Å². The number of nitrogens with one attached hydrogen (secondary N) is 1. The van der Waals surface area contributed by atoms with E-state index in [9.17, 15) is 14.4 Å². The summed E-state index contributed by atoms with van der Waals surface area (Å²) in [5.74, 6) is -0.220. The van der Waals surface area contributed by atoms with E-state index >= 15 is 0 Å². The molecule has 0 radical (unpaired) electrons. The van der Waals surface area contributed by atoms with Crippen molar-refractivity contribution in [2.24, 2.45) is 5.16 Å². The van der Waals surface area contributed by atoms with Gasteiger partial charge in [0.05, 0.1) is 18.8 Å². The van der Waals surface area contributed by atoms with Crippen LogP contribution in [-0.2, 0) is 23.9 Å². The zero-order chi connectivity index (χ0) is 25.3. The van der Waals surface area contributed by atoms with E-state index in [1.165, 1.54) is 6.20 Å². The average molecular weight is 500 g/mol. The molecule has 2 aliphatic rings. The van der Waals surface area contributed by atoms with Crippen LogP contribution in [0.15, 0.2) is 47.8 Å². The lowest BCUT2D eigenvalue weighted by Gasteiger charge is -2.35. The third-order valence-corrected chi connectivity index (χ3v) is 5.88. The number of amides is 2. The lowest BCUT2D eigenvalue weighted by Crippen LogP contribution is -2.49. The molecule has 2 saturated heterocycles. The Hall–Kier alpha value is -4.09. The number of benzene rings is 1. The molecule has 0 aliphatic carbocycles. The summed E-state index contributed by atoms with van der Waals surface area (Å²) in [7, 11) is 0. The Balaban J connectivity index is 1.30. The Morgan fingerprint density at radius 1 is 1.19 bits per heavy atom. The topological polar surface area (TPSA) is 136 Å². The first-order chi connectivity index (χ1) is 17.5. The third-order valence-electron chi connectivity index (χ3n) is 5.88. The smallest absolute Gasteiger partial charge is 0.410 e. The zero-order valence-corrected chi connectivity index (χ0v) is 20.0. The molecule has 1 unspecified atom stereocenters. The molecule has 0 spiro atoms. The number of oxime groups is 1. The van der Waals surface area contributed by atoms with Crippen LogP contribution >= 0.6 is 0 Å². The summed E-state index contributed by atoms with van der Waals surface area (Å²) in [6, 6.07) is 10.9. The maximum Gasteiger partial charge on any atom is 0.410 e. The molecule has 2 aliphatic heterocycles. The van der Waals surface area contributed by atoms with E-state index in [1.54, 1.807) is 22.8 Å². The lowest BCUT2D eigenvalue weighted by atomic mass is 10.0. The normalized spacial score (nSPS) is 18.6. The molecule has 0 bridgehead atoms. The first kappa shape index (κ1) is 25.0. The van der Waals surface area contributed by atoms with Crippen molar-refractivity contribution in [1.82, 2.24) is 20.0 Å². The number of piperidine rings is 1. The Morgan fingerprint density at radius 3 is 2.67 bits per heavy atom. The summed E-state index contributed by atoms with van der Waals surface area (Å²) in [5, 5.41) is 10.5. The number of esters is 1. The van der Waals surface area contributed by atoms with E-state index in [0.29, 0.717) is 38.2 Å². The van der Waals surface area contributed by atoms with Gasteiger partial charge >= 0.3 is 12.1 Å². The summed E-state index contributed by atoms with van der Waals surface area (Å²) in [4.78, 5) is 45.6. The minimum absolute atomic E-state index is 0.00829. The number of rotatable bonds is 10. The van der Waals surface area contributed by atoms with E-state index in [4.69, 9.17) is 19.0 Å². The summed E-state index contributed by atoms with van der Waals surface area (Å²) < 4.78 is 16.0. The van der Waals surface area contributed by atoms with Crippen LogP contribution in [0.5, 0.6) is 5.75 Å². The summed E-state index contributed by atoms with van der Waals surface area (Å²) in [5.41, 5.74) is 0.379. The van der Waals surface area contributed by atoms with Gasteiger partial charge in [0, 0.05) is 25.3 Å². The monoisotopic (exact) mass is 499 g/mol. The van der Waals surface area contributed by atoms with E-state index in [0.717, 1.165) is 5.75 Å². The molecule has 192 valence electrons. The van der Waals surface area contributed by atoms with Gasteiger partial charge < -0.3 is 28.8 Å². The molecule has 2 amide bonds. The second-order valence-electron chi connectivity index (χ2n) is 8.29. The summed E-state index contributed by atoms with van der Waals surface area (Å²) in [6.07, 6.45) is 1.95. The van der Waals surface area contributed by atoms with Gasteiger partial charge in [-0.05, 0) is 38.0 Å². The van der Waals surface area contributed by atoms with Crippen LogP contribution in [0.25, 0.3) is 0 Å². The lowest BCUT2D eigenvalue weighted by molar-refractivity contribution is -0.148. The van der Waals surface area contributed by atoms with Crippen molar-refractivity contribution in [3.63, 3.8) is 0 Å². The van der Waals surface area contributed by atoms with Gasteiger partial charge in [0.2, 0.25) is 6.61 Å². The number of cyclic esters (lactones) is 1. The van der Waals surface area contributed by atoms with Gasteiger partial charge in [-0.15, -0.1) is 0 Å². The maximum absolute atomic E-state index is 13.2. The van der Waals surface area contributed by atoms with E-state index < -0.39 is 12.6 Å². The van der Waals surface area contributed by atoms with E-state index in [1.807, 2.05) is 30.3 Å². The van der Waals surface area contributed by atoms with Crippen molar-refractivity contribution < 1.29 is 33.4 Å². The second kappa shape index (κ2) is 12.0. The number of H-pyrrole nitrogens is 1. The summed E-state index contributed by atoms with van der Waals surface area (Å²) >= 11 is 0. The molecule has 2 fully saturated rings. The highest BCUT2D eigenvalue weighted by Gasteiger charge is 2.39. The molecular formula is C24H29N5O7. The van der Waals surface area contributed by atoms with Crippen LogP contribution in [0.4, 0.5) is 4.79 Å². The second-order valence-corrected chi connectivity index (χ2v) is 8.29. The van der Waals surface area contributed by atoms with Gasteiger partial charge in [-0.3, -0.25) is 9.89 Å². The fourth-order valence-corrected chi connectivity index (χ4v) is 4.11. The number of nitrogens with zero attached hydrogens (tertiary/aromatic N) is 4. The fourth-order valence-electron chi connectivity index (χ4n) is 4.11. The third kappa shape index (κ3) is 6.32. The van der Waals surface area contributed by atoms with E-state index in [-0.39, 0.29) is 43.1 Å². The number of carbonyl (C=O) groups excluding carboxylic acids is 3. The van der Waals surface area contributed by atoms with Crippen molar-refractivity contribution in [2.75, 3.05) is 39.5 Å². The highest BCUT2D eigenvalue weighted by molar-refractivity contribution is 6.44. The van der Waals surface area contributed by atoms with Crippen molar-refractivity contribution in [1.29, 1.82) is 0 Å². The average Bonchev–Trinajstić information content (AvgIpc) is 3.56. The van der Waals surface area contributed by atoms with Crippen molar-refractivity contribution in [3.05, 3.63) is 48.3 Å². The minimum atomic E-state index is -0.580. The molecule has 1 aromatic heterocycles. The fraction of sp³-hybridized carbons (Fsp3) is 0.458. The van der Waals surface area contributed by atoms with E-state index in [2.05, 4.69) is 15.4 Å². The van der Waals surface area contributed by atoms with Gasteiger partial charge in [0.25, 0.3) is 5.91 Å². The first-order valence-electron chi connectivity index (χ1n) is 11.8. The molecular weight excluding hydrogens is 470 g/mol. The molecule has 1 N–H and O–H groups in total. The Morgan fingerprint density at radius 2 is 1.97 bits per heavy atom. The molecule has 36 heavy (non-hydrogen) atoms. The quantitative estimate of drug-likeness (QED) is 0.296. The molecule has 0 saturated carbocycles. The highest BCUT2D eigenvalue weighted by Crippen LogP contribution is 2.24. The Kier molecular flexibility index (Phi) is 8.37. The van der Waals surface area contributed by atoms with Crippen molar-refractivity contribution >= 4 is 23.7 Å². The zero-order valence-electron chi connectivity index (χ0n) is 20.0. The number of hydrogen-bond donors (Lipinski definition) is 1. The molecule has 12 nitrogen and oxygen atoms in total. The molecule has 1 atom stereocenters. The van der Waals surface area contributed by atoms with Crippen LogP contribution in [0.2, 0.25) is 0 Å². The van der Waals surface area contributed by atoms with Crippen LogP contribution in [0.3, 0.4) is 0 Å². The van der Waals surface area contributed by atoms with Gasteiger partial charge in [-0.2, -0.15) is 5.10 Å². The van der Waals surface area contributed by atoms with Crippen LogP contribution in [-0.4, -0.2) is 95.3 Å². The standard InChI is InChI=1S/C24H29N5O7/c1-2-33-21(30)16-35-27-22(20-8-11-25-26-20)23(31)28-12-9-17(10-13-28)29-14-19(36-24(29)32)15-34-18-6-4-3-5-7-18/h3-8,11,17,19H,2,9-10,12-16H2,1H3,(H,25,26). The predicted molar refractivity (Wildman–Crippen MR) is 126 cm³/mol. The van der Waals surface area contributed by atoms with Crippen LogP contribution < -0.4 is 4.74 Å². The number of hydrogen-bond acceptors (Lipinski definition) is 9. The highest BCUT2D eigenvalue weighted by atomic mass is 16.7. The Bertz CT molecular complexity index is 1050. The minimum Gasteiger partial charge on any atom is -0.490 e. The molecule has 1 aromatic carbocycles. The Labute approximate surface area is 208 Å².